The molecule has 2 saturated heterocycles. The molecule has 2 aliphatic rings. The van der Waals surface area contributed by atoms with E-state index in [1.165, 1.54) is 5.69 Å². The number of hydrogen-bond donors (Lipinski definition) is 1. The van der Waals surface area contributed by atoms with Gasteiger partial charge in [0, 0.05) is 50.5 Å². The van der Waals surface area contributed by atoms with Gasteiger partial charge in [-0.3, -0.25) is 4.90 Å². The molecule has 1 aromatic rings. The quantitative estimate of drug-likeness (QED) is 0.773. The molecule has 6 nitrogen and oxygen atoms in total. The van der Waals surface area contributed by atoms with Gasteiger partial charge in [0.2, 0.25) is 0 Å². The Bertz CT molecular complexity index is 719. The SMILES string of the molecule is CC(C)(C)NC(=O)N1CCC(OCC#CCN2CCN(c3ccccc3)CC2)CC1. The van der Waals surface area contributed by atoms with Crippen LogP contribution in [0.3, 0.4) is 0 Å². The first-order valence-electron chi connectivity index (χ1n) is 11.1. The van der Waals surface area contributed by atoms with Gasteiger partial charge in [-0.05, 0) is 45.7 Å². The third-order valence-electron chi connectivity index (χ3n) is 5.52. The summed E-state index contributed by atoms with van der Waals surface area (Å²) in [4.78, 5) is 18.9. The molecule has 0 bridgehead atoms. The highest BCUT2D eigenvalue weighted by Gasteiger charge is 2.25. The van der Waals surface area contributed by atoms with E-state index in [0.717, 1.165) is 58.7 Å². The van der Waals surface area contributed by atoms with Crippen molar-refractivity contribution >= 4 is 11.7 Å². The van der Waals surface area contributed by atoms with E-state index in [9.17, 15) is 4.79 Å². The minimum absolute atomic E-state index is 0.0214. The van der Waals surface area contributed by atoms with Crippen LogP contribution in [0.4, 0.5) is 10.5 Å². The van der Waals surface area contributed by atoms with E-state index in [2.05, 4.69) is 57.3 Å². The summed E-state index contributed by atoms with van der Waals surface area (Å²) < 4.78 is 5.92. The Hall–Kier alpha value is -2.23. The molecule has 2 amide bonds. The molecule has 0 aromatic heterocycles. The van der Waals surface area contributed by atoms with Crippen LogP contribution in [0, 0.1) is 11.8 Å². The number of benzene rings is 1. The summed E-state index contributed by atoms with van der Waals surface area (Å²) in [5, 5.41) is 3.02. The van der Waals surface area contributed by atoms with Crippen LogP contribution in [-0.4, -0.2) is 79.9 Å². The van der Waals surface area contributed by atoms with Crippen molar-refractivity contribution in [3.63, 3.8) is 0 Å². The number of rotatable bonds is 4. The van der Waals surface area contributed by atoms with Crippen molar-refractivity contribution in [1.29, 1.82) is 0 Å². The fourth-order valence-corrected chi connectivity index (χ4v) is 3.81. The topological polar surface area (TPSA) is 48.1 Å². The number of urea groups is 1. The number of nitrogens with zero attached hydrogens (tertiary/aromatic N) is 3. The molecule has 0 unspecified atom stereocenters. The smallest absolute Gasteiger partial charge is 0.317 e. The Morgan fingerprint density at radius 2 is 1.70 bits per heavy atom. The zero-order valence-corrected chi connectivity index (χ0v) is 18.7. The maximum Gasteiger partial charge on any atom is 0.317 e. The maximum absolute atomic E-state index is 12.2. The molecular weight excluding hydrogens is 376 g/mol. The Kier molecular flexibility index (Phi) is 8.01. The molecule has 0 saturated carbocycles. The van der Waals surface area contributed by atoms with Crippen LogP contribution < -0.4 is 10.2 Å². The summed E-state index contributed by atoms with van der Waals surface area (Å²) in [6.45, 7) is 12.9. The summed E-state index contributed by atoms with van der Waals surface area (Å²) in [5.74, 6) is 6.43. The van der Waals surface area contributed by atoms with Crippen LogP contribution >= 0.6 is 0 Å². The van der Waals surface area contributed by atoms with Crippen molar-refractivity contribution in [2.45, 2.75) is 45.3 Å². The largest absolute Gasteiger partial charge is 0.369 e. The number of ether oxygens (including phenoxy) is 1. The lowest BCUT2D eigenvalue weighted by atomic mass is 10.1. The molecule has 0 radical (unpaired) electrons. The molecule has 0 spiro atoms. The van der Waals surface area contributed by atoms with Crippen molar-refractivity contribution in [1.82, 2.24) is 15.1 Å². The Morgan fingerprint density at radius 1 is 1.03 bits per heavy atom. The second-order valence-corrected chi connectivity index (χ2v) is 9.13. The monoisotopic (exact) mass is 412 g/mol. The highest BCUT2D eigenvalue weighted by atomic mass is 16.5. The van der Waals surface area contributed by atoms with E-state index in [-0.39, 0.29) is 17.7 Å². The number of piperazine rings is 1. The average Bonchev–Trinajstić information content (AvgIpc) is 2.74. The van der Waals surface area contributed by atoms with E-state index in [4.69, 9.17) is 4.74 Å². The Morgan fingerprint density at radius 3 is 2.33 bits per heavy atom. The zero-order valence-electron chi connectivity index (χ0n) is 18.7. The van der Waals surface area contributed by atoms with E-state index in [1.54, 1.807) is 0 Å². The Balaban J connectivity index is 1.28. The second-order valence-electron chi connectivity index (χ2n) is 9.13. The number of likely N-dealkylation sites (tertiary alicyclic amines) is 1. The van der Waals surface area contributed by atoms with Gasteiger partial charge < -0.3 is 19.9 Å². The molecule has 2 fully saturated rings. The van der Waals surface area contributed by atoms with Gasteiger partial charge in [-0.2, -0.15) is 0 Å². The average molecular weight is 413 g/mol. The van der Waals surface area contributed by atoms with Crippen LogP contribution in [0.15, 0.2) is 30.3 Å². The van der Waals surface area contributed by atoms with Gasteiger partial charge in [-0.15, -0.1) is 0 Å². The molecule has 6 heteroatoms. The predicted octanol–water partition coefficient (Wildman–Crippen LogP) is 2.80. The lowest BCUT2D eigenvalue weighted by Crippen LogP contribution is -2.51. The molecule has 0 aliphatic carbocycles. The van der Waals surface area contributed by atoms with Gasteiger partial charge in [-0.25, -0.2) is 4.79 Å². The third kappa shape index (κ3) is 7.23. The van der Waals surface area contributed by atoms with E-state index in [0.29, 0.717) is 6.61 Å². The van der Waals surface area contributed by atoms with Gasteiger partial charge in [-0.1, -0.05) is 30.0 Å². The molecule has 2 aliphatic heterocycles. The van der Waals surface area contributed by atoms with Gasteiger partial charge >= 0.3 is 6.03 Å². The number of hydrogen-bond acceptors (Lipinski definition) is 4. The number of nitrogens with one attached hydrogen (secondary N) is 1. The molecule has 30 heavy (non-hydrogen) atoms. The fraction of sp³-hybridized carbons (Fsp3) is 0.625. The molecular formula is C24H36N4O2. The van der Waals surface area contributed by atoms with E-state index >= 15 is 0 Å². The highest BCUT2D eigenvalue weighted by Crippen LogP contribution is 2.16. The molecule has 1 aromatic carbocycles. The summed E-state index contributed by atoms with van der Waals surface area (Å²) >= 11 is 0. The molecule has 1 N–H and O–H groups in total. The first-order valence-corrected chi connectivity index (χ1v) is 11.1. The van der Waals surface area contributed by atoms with Gasteiger partial charge in [0.1, 0.15) is 6.61 Å². The first-order chi connectivity index (χ1) is 14.4. The van der Waals surface area contributed by atoms with Crippen LogP contribution in [0.2, 0.25) is 0 Å². The van der Waals surface area contributed by atoms with Gasteiger partial charge in [0.05, 0.1) is 12.6 Å². The summed E-state index contributed by atoms with van der Waals surface area (Å²) in [7, 11) is 0. The van der Waals surface area contributed by atoms with E-state index < -0.39 is 0 Å². The highest BCUT2D eigenvalue weighted by molar-refractivity contribution is 5.75. The lowest BCUT2D eigenvalue weighted by Gasteiger charge is -2.35. The first kappa shape index (κ1) is 22.5. The van der Waals surface area contributed by atoms with Crippen LogP contribution in [-0.2, 0) is 4.74 Å². The van der Waals surface area contributed by atoms with Crippen molar-refractivity contribution in [2.75, 3.05) is 57.3 Å². The predicted molar refractivity (Wildman–Crippen MR) is 122 cm³/mol. The normalized spacial score (nSPS) is 18.6. The minimum atomic E-state index is -0.200. The van der Waals surface area contributed by atoms with Crippen molar-refractivity contribution in [2.24, 2.45) is 0 Å². The number of amides is 2. The maximum atomic E-state index is 12.2. The summed E-state index contributed by atoms with van der Waals surface area (Å²) in [6, 6.07) is 10.6. The van der Waals surface area contributed by atoms with Gasteiger partial charge in [0.25, 0.3) is 0 Å². The number of para-hydroxylation sites is 1. The van der Waals surface area contributed by atoms with Crippen molar-refractivity contribution in [3.05, 3.63) is 30.3 Å². The van der Waals surface area contributed by atoms with E-state index in [1.807, 2.05) is 25.7 Å². The van der Waals surface area contributed by atoms with Crippen LogP contribution in [0.1, 0.15) is 33.6 Å². The molecule has 2 heterocycles. The number of anilines is 1. The van der Waals surface area contributed by atoms with Crippen LogP contribution in [0.25, 0.3) is 0 Å². The number of carbonyl (C=O) groups is 1. The van der Waals surface area contributed by atoms with Crippen molar-refractivity contribution < 1.29 is 9.53 Å². The number of piperidine rings is 1. The van der Waals surface area contributed by atoms with Gasteiger partial charge in [0.15, 0.2) is 0 Å². The molecule has 3 rings (SSSR count). The second kappa shape index (κ2) is 10.7. The molecule has 164 valence electrons. The van der Waals surface area contributed by atoms with Crippen molar-refractivity contribution in [3.8, 4) is 11.8 Å². The third-order valence-corrected chi connectivity index (χ3v) is 5.52. The number of carbonyl (C=O) groups excluding carboxylic acids is 1. The fourth-order valence-electron chi connectivity index (χ4n) is 3.81. The summed E-state index contributed by atoms with van der Waals surface area (Å²) in [6.07, 6.45) is 1.95. The zero-order chi connectivity index (χ0) is 21.4. The molecule has 0 atom stereocenters. The van der Waals surface area contributed by atoms with Crippen LogP contribution in [0.5, 0.6) is 0 Å². The standard InChI is InChI=1S/C24H36N4O2/c1-24(2,3)25-23(29)28-14-11-22(12-15-28)30-20-8-7-13-26-16-18-27(19-17-26)21-9-5-4-6-10-21/h4-6,9-10,22H,11-20H2,1-3H3,(H,25,29). The lowest BCUT2D eigenvalue weighted by molar-refractivity contribution is 0.0322. The Labute approximate surface area is 181 Å². The minimum Gasteiger partial charge on any atom is -0.369 e. The summed E-state index contributed by atoms with van der Waals surface area (Å²) in [5.41, 5.74) is 1.10.